The quantitative estimate of drug-likeness (QED) is 0.237. The predicted octanol–water partition coefficient (Wildman–Crippen LogP) is -3.66. The van der Waals surface area contributed by atoms with Crippen molar-refractivity contribution in [3.8, 4) is 0 Å². The molecule has 22 heteroatoms. The van der Waals surface area contributed by atoms with E-state index in [4.69, 9.17) is 102 Å². The molecule has 2 N–H and O–H groups in total. The Labute approximate surface area is 285 Å². The summed E-state index contributed by atoms with van der Waals surface area (Å²) in [5, 5.41) is -6.26. The summed E-state index contributed by atoms with van der Waals surface area (Å²) < 4.78 is 0.981. The molecule has 0 unspecified atom stereocenters. The van der Waals surface area contributed by atoms with Crippen LogP contribution in [0.5, 0.6) is 0 Å². The van der Waals surface area contributed by atoms with E-state index >= 15 is 0 Å². The van der Waals surface area contributed by atoms with E-state index in [9.17, 15) is 9.59 Å². The van der Waals surface area contributed by atoms with Crippen LogP contribution >= 0.6 is 0 Å². The number of Topliss-reactive ketones (excluding diaryl/α,β-unsaturated/α-hetero) is 1. The van der Waals surface area contributed by atoms with Crippen LogP contribution in [-0.2, 0) is 5.44 Å². The first-order valence-corrected chi connectivity index (χ1v) is 13.9. The largest absolute Gasteiger partial charge is 0.393 e. The standard InChI is InChI=1S/C24H16B13N7O2/c1-9-12-8-39-17(41-15(12)43(16(46)14(9)10(2)45)20(29)18(25,26)5-6-19(20,27)28)40-13-4-3-11(7-38-13)44-23(34,35)21(30,31)42-22(32,33)24(44,36)37/h3-4,7-8,42H,5-6H2,1-2H3,(H,38,39,40,41). The summed E-state index contributed by atoms with van der Waals surface area (Å²) in [5.41, 5.74) is -2.67. The van der Waals surface area contributed by atoms with Gasteiger partial charge < -0.3 is 15.5 Å². The molecule has 9 nitrogen and oxygen atoms in total. The van der Waals surface area contributed by atoms with Gasteiger partial charge in [-0.25, -0.2) is 9.97 Å². The summed E-state index contributed by atoms with van der Waals surface area (Å²) in [7, 11) is 81.8. The van der Waals surface area contributed by atoms with Crippen LogP contribution in [0.2, 0.25) is 10.4 Å². The van der Waals surface area contributed by atoms with E-state index in [2.05, 4.69) is 25.6 Å². The number of carbonyl (C=O) groups is 1. The number of aromatic nitrogens is 4. The second-order valence-corrected chi connectivity index (χ2v) is 12.4. The molecule has 0 aromatic carbocycles. The first-order valence-electron chi connectivity index (χ1n) is 13.9. The number of carbonyl (C=O) groups excluding carboxylic acids is 1. The third-order valence-corrected chi connectivity index (χ3v) is 8.98. The lowest BCUT2D eigenvalue weighted by molar-refractivity contribution is 0.101. The van der Waals surface area contributed by atoms with E-state index in [0.29, 0.717) is 10.9 Å². The lowest BCUT2D eigenvalue weighted by atomic mass is 9.27. The number of pyridine rings is 2. The van der Waals surface area contributed by atoms with Gasteiger partial charge in [-0.1, -0.05) is 33.9 Å². The second kappa shape index (κ2) is 10.5. The molecule has 46 heavy (non-hydrogen) atoms. The summed E-state index contributed by atoms with van der Waals surface area (Å²) in [5.74, 6) is -0.399. The summed E-state index contributed by atoms with van der Waals surface area (Å²) in [6.45, 7) is 2.81. The number of piperazine rings is 1. The third kappa shape index (κ3) is 4.77. The zero-order chi connectivity index (χ0) is 34.6. The minimum absolute atomic E-state index is 0.0380. The second-order valence-electron chi connectivity index (χ2n) is 12.4. The van der Waals surface area contributed by atoms with Gasteiger partial charge in [-0.3, -0.25) is 14.2 Å². The van der Waals surface area contributed by atoms with Crippen molar-refractivity contribution in [1.82, 2.24) is 24.8 Å². The first kappa shape index (κ1) is 34.8. The monoisotopic (exact) mass is 577 g/mol. The van der Waals surface area contributed by atoms with Crippen LogP contribution in [0.1, 0.15) is 35.7 Å². The van der Waals surface area contributed by atoms with Crippen LogP contribution in [0, 0.1) is 6.92 Å². The maximum Gasteiger partial charge on any atom is 0.263 e. The van der Waals surface area contributed by atoms with Gasteiger partial charge in [0.1, 0.15) is 19.3 Å². The molecule has 1 saturated carbocycles. The van der Waals surface area contributed by atoms with Gasteiger partial charge in [-0.05, 0) is 47.7 Å². The summed E-state index contributed by atoms with van der Waals surface area (Å²) in [6, 6.07) is 2.94. The molecule has 1 saturated heterocycles. The number of nitrogens with one attached hydrogen (secondary N) is 2. The highest BCUT2D eigenvalue weighted by Crippen LogP contribution is 2.62. The van der Waals surface area contributed by atoms with Gasteiger partial charge in [-0.15, -0.1) is 0 Å². The molecule has 2 fully saturated rings. The molecule has 2 aliphatic rings. The molecule has 0 spiro atoms. The van der Waals surface area contributed by atoms with Crippen molar-refractivity contribution in [2.24, 2.45) is 0 Å². The molecule has 1 aliphatic heterocycles. The maximum absolute atomic E-state index is 13.9. The Balaban J connectivity index is 1.62. The average molecular weight is 575 g/mol. The van der Waals surface area contributed by atoms with Crippen molar-refractivity contribution < 1.29 is 4.79 Å². The minimum atomic E-state index is -2.13. The van der Waals surface area contributed by atoms with Crippen molar-refractivity contribution in [1.29, 1.82) is 0 Å². The molecule has 4 heterocycles. The van der Waals surface area contributed by atoms with Crippen LogP contribution < -0.4 is 21.1 Å². The number of hydrogen-bond acceptors (Lipinski definition) is 8. The Bertz CT molecular complexity index is 1770. The molecule has 0 atom stereocenters. The SMILES string of the molecule is [B]C1([B])CCC([B])([B])C1([B])n1c(=O)c(C(C)=O)c(C)c2cnc(Nc3ccc(N4C([B])([B])C([B])([B])NC([B])([B])C4([B])[B])cn3)nc21. The van der Waals surface area contributed by atoms with Crippen LogP contribution in [0.15, 0.2) is 29.3 Å². The number of hydrogen-bond donors (Lipinski definition) is 2. The highest BCUT2D eigenvalue weighted by molar-refractivity contribution is 6.62. The zero-order valence-electron chi connectivity index (χ0n) is 25.3. The van der Waals surface area contributed by atoms with Gasteiger partial charge in [-0.2, -0.15) is 4.98 Å². The molecule has 1 aliphatic carbocycles. The van der Waals surface area contributed by atoms with Gasteiger partial charge in [0.25, 0.3) is 5.56 Å². The Morgan fingerprint density at radius 1 is 0.848 bits per heavy atom. The van der Waals surface area contributed by atoms with E-state index in [1.165, 1.54) is 31.5 Å². The number of rotatable bonds is 5. The van der Waals surface area contributed by atoms with Crippen LogP contribution in [-0.4, -0.2) is 149 Å². The zero-order valence-corrected chi connectivity index (χ0v) is 25.3. The fraction of sp³-hybridized carbons (Fsp3) is 0.458. The highest BCUT2D eigenvalue weighted by Gasteiger charge is 2.57. The maximum atomic E-state index is 13.9. The topological polar surface area (TPSA) is 105 Å². The molecule has 0 amide bonds. The first-order chi connectivity index (χ1) is 20.8. The number of aryl methyl sites for hydroxylation is 1. The summed E-state index contributed by atoms with van der Waals surface area (Å²) >= 11 is 0. The Morgan fingerprint density at radius 2 is 1.39 bits per heavy atom. The molecule has 5 rings (SSSR count). The number of ketones is 1. The van der Waals surface area contributed by atoms with Gasteiger partial charge in [0, 0.05) is 11.6 Å². The molecule has 3 aromatic rings. The summed E-state index contributed by atoms with van der Waals surface area (Å²) in [4.78, 5) is 40.8. The minimum Gasteiger partial charge on any atom is -0.393 e. The molecule has 26 radical (unpaired) electrons. The van der Waals surface area contributed by atoms with E-state index in [1.807, 2.05) is 0 Å². The van der Waals surface area contributed by atoms with Crippen molar-refractivity contribution in [2.45, 2.75) is 63.9 Å². The average Bonchev–Trinajstić information content (AvgIpc) is 3.07. The fourth-order valence-electron chi connectivity index (χ4n) is 6.11. The number of nitrogens with zero attached hydrogens (tertiary/aromatic N) is 5. The normalized spacial score (nSPS) is 23.0. The highest BCUT2D eigenvalue weighted by atomic mass is 16.1. The van der Waals surface area contributed by atoms with E-state index in [0.717, 1.165) is 9.47 Å². The van der Waals surface area contributed by atoms with Gasteiger partial charge in [0.15, 0.2) is 5.78 Å². The Kier molecular flexibility index (Phi) is 7.96. The fourth-order valence-corrected chi connectivity index (χ4v) is 6.11. The van der Waals surface area contributed by atoms with E-state index < -0.39 is 48.6 Å². The number of anilines is 3. The van der Waals surface area contributed by atoms with Crippen molar-refractivity contribution in [3.05, 3.63) is 46.0 Å². The Morgan fingerprint density at radius 3 is 1.87 bits per heavy atom. The van der Waals surface area contributed by atoms with Crippen LogP contribution in [0.4, 0.5) is 17.5 Å². The van der Waals surface area contributed by atoms with Crippen LogP contribution in [0.25, 0.3) is 11.0 Å². The van der Waals surface area contributed by atoms with E-state index in [-0.39, 0.29) is 41.5 Å². The lowest BCUT2D eigenvalue weighted by Crippen LogP contribution is -2.92. The van der Waals surface area contributed by atoms with Gasteiger partial charge in [0.05, 0.1) is 112 Å². The summed E-state index contributed by atoms with van der Waals surface area (Å²) in [6.07, 6.45) is 2.80. The molecular formula is C24H16B13N7O2. The third-order valence-electron chi connectivity index (χ3n) is 8.98. The predicted molar refractivity (Wildman–Crippen MR) is 190 cm³/mol. The smallest absolute Gasteiger partial charge is 0.263 e. The van der Waals surface area contributed by atoms with Gasteiger partial charge in [0.2, 0.25) is 5.95 Å². The van der Waals surface area contributed by atoms with Crippen molar-refractivity contribution in [2.75, 3.05) is 10.2 Å². The molecule has 0 bridgehead atoms. The molecular weight excluding hydrogens is 559 g/mol. The number of fused-ring (bicyclic) bond motifs is 1. The van der Waals surface area contributed by atoms with E-state index in [1.54, 1.807) is 6.92 Å². The van der Waals surface area contributed by atoms with Crippen molar-refractivity contribution in [3.63, 3.8) is 0 Å². The molecule has 198 valence electrons. The van der Waals surface area contributed by atoms with Crippen LogP contribution in [0.3, 0.4) is 0 Å². The lowest BCUT2D eigenvalue weighted by Gasteiger charge is -2.71. The van der Waals surface area contributed by atoms with Crippen molar-refractivity contribution >= 4 is 136 Å². The van der Waals surface area contributed by atoms with Gasteiger partial charge >= 0.3 is 0 Å². The Hall–Kier alpha value is -2.49. The molecule has 3 aromatic heterocycles.